The van der Waals surface area contributed by atoms with Crippen molar-refractivity contribution in [1.82, 2.24) is 9.80 Å². The number of piperazine rings is 1. The lowest BCUT2D eigenvalue weighted by atomic mass is 9.98. The number of halogens is 1. The number of ether oxygens (including phenoxy) is 2. The van der Waals surface area contributed by atoms with Gasteiger partial charge in [-0.1, -0.05) is 19.3 Å². The van der Waals surface area contributed by atoms with E-state index < -0.39 is 6.10 Å². The Morgan fingerprint density at radius 2 is 1.83 bits per heavy atom. The van der Waals surface area contributed by atoms with Crippen LogP contribution in [0.15, 0.2) is 0 Å². The summed E-state index contributed by atoms with van der Waals surface area (Å²) in [5.74, 6) is 0. The van der Waals surface area contributed by atoms with E-state index in [2.05, 4.69) is 4.90 Å². The number of hydrogen-bond acceptors (Lipinski definition) is 5. The number of β-amino-alcohol motifs (C(OH)–C–C–N with tert-alkyl or cyclic N) is 1. The quantitative estimate of drug-likeness (QED) is 0.792. The molecule has 0 aromatic heterocycles. The molecule has 0 spiro atoms. The van der Waals surface area contributed by atoms with E-state index in [-0.39, 0.29) is 18.5 Å². The molecule has 0 radical (unpaired) electrons. The van der Waals surface area contributed by atoms with Gasteiger partial charge in [0.05, 0.1) is 25.4 Å². The number of aliphatic hydroxyl groups is 1. The van der Waals surface area contributed by atoms with Crippen molar-refractivity contribution in [2.24, 2.45) is 0 Å². The lowest BCUT2D eigenvalue weighted by Crippen LogP contribution is -2.51. The first-order valence-corrected chi connectivity index (χ1v) is 8.62. The van der Waals surface area contributed by atoms with Crippen LogP contribution in [0, 0.1) is 0 Å². The summed E-state index contributed by atoms with van der Waals surface area (Å²) < 4.78 is 10.8. The molecular formula is C16H31ClN2O4. The molecule has 2 aliphatic rings. The average molecular weight is 351 g/mol. The fourth-order valence-corrected chi connectivity index (χ4v) is 3.16. The van der Waals surface area contributed by atoms with Crippen LogP contribution in [0.2, 0.25) is 0 Å². The minimum absolute atomic E-state index is 0. The van der Waals surface area contributed by atoms with E-state index in [1.54, 1.807) is 4.90 Å². The van der Waals surface area contributed by atoms with Crippen molar-refractivity contribution in [1.29, 1.82) is 0 Å². The monoisotopic (exact) mass is 350 g/mol. The molecule has 0 bridgehead atoms. The number of carbonyl (C=O) groups is 1. The van der Waals surface area contributed by atoms with Crippen LogP contribution in [-0.4, -0.2) is 79.1 Å². The Labute approximate surface area is 145 Å². The van der Waals surface area contributed by atoms with Gasteiger partial charge in [-0.25, -0.2) is 4.79 Å². The highest BCUT2D eigenvalue weighted by Gasteiger charge is 2.23. The molecule has 0 aromatic carbocycles. The van der Waals surface area contributed by atoms with Crippen molar-refractivity contribution < 1.29 is 19.4 Å². The second-order valence-electron chi connectivity index (χ2n) is 6.23. The summed E-state index contributed by atoms with van der Waals surface area (Å²) in [7, 11) is 0. The van der Waals surface area contributed by atoms with Crippen LogP contribution in [0.4, 0.5) is 4.79 Å². The maximum absolute atomic E-state index is 11.6. The fraction of sp³-hybridized carbons (Fsp3) is 0.938. The molecule has 1 amide bonds. The molecule has 1 aliphatic carbocycles. The van der Waals surface area contributed by atoms with Gasteiger partial charge in [0, 0.05) is 32.7 Å². The van der Waals surface area contributed by atoms with Crippen molar-refractivity contribution in [3.05, 3.63) is 0 Å². The normalized spacial score (nSPS) is 21.6. The summed E-state index contributed by atoms with van der Waals surface area (Å²) in [5, 5.41) is 10.1. The molecule has 1 aliphatic heterocycles. The van der Waals surface area contributed by atoms with Crippen LogP contribution in [0.5, 0.6) is 0 Å². The summed E-state index contributed by atoms with van der Waals surface area (Å²) in [6.07, 6.45) is 5.72. The number of amides is 1. The first kappa shape index (κ1) is 20.5. The molecule has 7 heteroatoms. The van der Waals surface area contributed by atoms with Crippen molar-refractivity contribution in [3.63, 3.8) is 0 Å². The van der Waals surface area contributed by atoms with Gasteiger partial charge in [-0.05, 0) is 19.8 Å². The Morgan fingerprint density at radius 1 is 1.17 bits per heavy atom. The number of hydrogen-bond donors (Lipinski definition) is 1. The third-order valence-corrected chi connectivity index (χ3v) is 4.44. The highest BCUT2D eigenvalue weighted by molar-refractivity contribution is 5.85. The maximum atomic E-state index is 11.6. The molecule has 1 saturated carbocycles. The van der Waals surface area contributed by atoms with Crippen molar-refractivity contribution >= 4 is 18.5 Å². The molecule has 1 N–H and O–H groups in total. The van der Waals surface area contributed by atoms with Crippen molar-refractivity contribution in [3.8, 4) is 0 Å². The Morgan fingerprint density at radius 3 is 2.43 bits per heavy atom. The zero-order valence-corrected chi connectivity index (χ0v) is 14.9. The summed E-state index contributed by atoms with van der Waals surface area (Å²) in [4.78, 5) is 15.5. The number of carbonyl (C=O) groups excluding carboxylic acids is 1. The number of aliphatic hydroxyl groups excluding tert-OH is 1. The van der Waals surface area contributed by atoms with E-state index in [0.717, 1.165) is 25.9 Å². The third-order valence-electron chi connectivity index (χ3n) is 4.44. The van der Waals surface area contributed by atoms with Crippen LogP contribution in [0.3, 0.4) is 0 Å². The Bertz CT molecular complexity index is 332. The predicted octanol–water partition coefficient (Wildman–Crippen LogP) is 1.89. The highest BCUT2D eigenvalue weighted by Crippen LogP contribution is 2.20. The van der Waals surface area contributed by atoms with Crippen LogP contribution in [0.25, 0.3) is 0 Å². The van der Waals surface area contributed by atoms with Gasteiger partial charge < -0.3 is 19.5 Å². The first-order chi connectivity index (χ1) is 10.7. The van der Waals surface area contributed by atoms with E-state index in [1.807, 2.05) is 6.92 Å². The molecular weight excluding hydrogens is 320 g/mol. The van der Waals surface area contributed by atoms with Crippen molar-refractivity contribution in [2.75, 3.05) is 45.9 Å². The largest absolute Gasteiger partial charge is 0.450 e. The van der Waals surface area contributed by atoms with E-state index in [9.17, 15) is 9.90 Å². The van der Waals surface area contributed by atoms with E-state index >= 15 is 0 Å². The van der Waals surface area contributed by atoms with E-state index in [4.69, 9.17) is 9.47 Å². The third kappa shape index (κ3) is 7.25. The van der Waals surface area contributed by atoms with Gasteiger partial charge in [-0.15, -0.1) is 12.4 Å². The molecule has 0 aromatic rings. The zero-order chi connectivity index (χ0) is 15.8. The van der Waals surface area contributed by atoms with Crippen LogP contribution >= 0.6 is 12.4 Å². The summed E-state index contributed by atoms with van der Waals surface area (Å²) in [6, 6.07) is 0. The first-order valence-electron chi connectivity index (χ1n) is 8.62. The summed E-state index contributed by atoms with van der Waals surface area (Å²) in [5.41, 5.74) is 0. The molecule has 2 fully saturated rings. The molecule has 1 unspecified atom stereocenters. The lowest BCUT2D eigenvalue weighted by Gasteiger charge is -2.35. The second kappa shape index (κ2) is 11.1. The zero-order valence-electron chi connectivity index (χ0n) is 14.1. The van der Waals surface area contributed by atoms with Crippen LogP contribution in [-0.2, 0) is 9.47 Å². The highest BCUT2D eigenvalue weighted by atomic mass is 35.5. The van der Waals surface area contributed by atoms with Gasteiger partial charge in [0.25, 0.3) is 0 Å². The van der Waals surface area contributed by atoms with Crippen molar-refractivity contribution in [2.45, 2.75) is 51.2 Å². The minimum Gasteiger partial charge on any atom is -0.450 e. The maximum Gasteiger partial charge on any atom is 0.409 e. The summed E-state index contributed by atoms with van der Waals surface area (Å²) in [6.45, 7) is 6.14. The molecule has 1 saturated heterocycles. The molecule has 1 heterocycles. The fourth-order valence-electron chi connectivity index (χ4n) is 3.16. The molecule has 1 atom stereocenters. The van der Waals surface area contributed by atoms with Crippen LogP contribution < -0.4 is 0 Å². The second-order valence-corrected chi connectivity index (χ2v) is 6.23. The smallest absolute Gasteiger partial charge is 0.409 e. The van der Waals surface area contributed by atoms with Gasteiger partial charge in [-0.3, -0.25) is 4.90 Å². The molecule has 136 valence electrons. The Hall–Kier alpha value is -0.560. The molecule has 2 rings (SSSR count). The van der Waals surface area contributed by atoms with E-state index in [0.29, 0.717) is 39.0 Å². The van der Waals surface area contributed by atoms with Gasteiger partial charge in [0.15, 0.2) is 0 Å². The Kier molecular flexibility index (Phi) is 9.86. The van der Waals surface area contributed by atoms with Gasteiger partial charge in [0.2, 0.25) is 0 Å². The van der Waals surface area contributed by atoms with E-state index in [1.165, 1.54) is 19.3 Å². The number of rotatable bonds is 6. The van der Waals surface area contributed by atoms with Gasteiger partial charge >= 0.3 is 6.09 Å². The van der Waals surface area contributed by atoms with Crippen LogP contribution in [0.1, 0.15) is 39.0 Å². The summed E-state index contributed by atoms with van der Waals surface area (Å²) >= 11 is 0. The SMILES string of the molecule is CCOC(=O)N1CCN(CC(O)COC2CCCCC2)CC1.Cl. The number of nitrogens with zero attached hydrogens (tertiary/aromatic N) is 2. The molecule has 23 heavy (non-hydrogen) atoms. The standard InChI is InChI=1S/C16H30N2O4.ClH/c1-2-21-16(20)18-10-8-17(9-11-18)12-14(19)13-22-15-6-4-3-5-7-15;/h14-15,19H,2-13H2,1H3;1H. The predicted molar refractivity (Wildman–Crippen MR) is 91.1 cm³/mol. The average Bonchev–Trinajstić information content (AvgIpc) is 2.55. The lowest BCUT2D eigenvalue weighted by molar-refractivity contribution is -0.0367. The molecule has 6 nitrogen and oxygen atoms in total. The minimum atomic E-state index is -0.448. The topological polar surface area (TPSA) is 62.2 Å². The van der Waals surface area contributed by atoms with Gasteiger partial charge in [-0.2, -0.15) is 0 Å². The van der Waals surface area contributed by atoms with Gasteiger partial charge in [0.1, 0.15) is 0 Å². The Balaban J connectivity index is 0.00000264.